The van der Waals surface area contributed by atoms with Gasteiger partial charge in [0.2, 0.25) is 0 Å². The van der Waals surface area contributed by atoms with Crippen LogP contribution < -0.4 is 5.32 Å². The van der Waals surface area contributed by atoms with Gasteiger partial charge in [0.25, 0.3) is 5.91 Å². The molecule has 3 rings (SSSR count). The van der Waals surface area contributed by atoms with Crippen LogP contribution in [0.15, 0.2) is 24.3 Å². The van der Waals surface area contributed by atoms with Crippen molar-refractivity contribution in [2.75, 3.05) is 19.8 Å². The molecule has 1 N–H and O–H groups in total. The fraction of sp³-hybridized carbons (Fsp3) is 0.444. The first-order chi connectivity index (χ1) is 12.8. The molecule has 0 aliphatic carbocycles. The summed E-state index contributed by atoms with van der Waals surface area (Å²) in [5.41, 5.74) is 0.918. The van der Waals surface area contributed by atoms with E-state index in [1.807, 2.05) is 0 Å². The van der Waals surface area contributed by atoms with Crippen LogP contribution in [-0.2, 0) is 27.0 Å². The summed E-state index contributed by atoms with van der Waals surface area (Å²) in [5, 5.41) is 6.71. The Kier molecular flexibility index (Phi) is 5.52. The minimum Gasteiger partial charge on any atom is -0.376 e. The number of carbonyl (C=O) groups is 1. The van der Waals surface area contributed by atoms with Crippen molar-refractivity contribution in [1.82, 2.24) is 15.1 Å². The molecule has 27 heavy (non-hydrogen) atoms. The quantitative estimate of drug-likeness (QED) is 0.881. The van der Waals surface area contributed by atoms with E-state index in [1.54, 1.807) is 26.0 Å². The van der Waals surface area contributed by atoms with Gasteiger partial charge >= 0.3 is 6.18 Å². The molecular formula is C18H20F3N3O3. The highest BCUT2D eigenvalue weighted by Gasteiger charge is 2.34. The molecule has 0 spiro atoms. The molecule has 1 aliphatic heterocycles. The smallest absolute Gasteiger partial charge is 0.376 e. The van der Waals surface area contributed by atoms with Crippen molar-refractivity contribution < 1.29 is 27.4 Å². The maximum absolute atomic E-state index is 13.5. The van der Waals surface area contributed by atoms with Gasteiger partial charge in [-0.15, -0.1) is 0 Å². The molecule has 1 aromatic heterocycles. The predicted octanol–water partition coefficient (Wildman–Crippen LogP) is 2.54. The SMILES string of the molecule is Cc1cc(C)n(-c2ccc(CNC(=O)[C@@H]3COCCO3)c(C(F)(F)F)c2)n1. The van der Waals surface area contributed by atoms with Crippen LogP contribution in [0.5, 0.6) is 0 Å². The number of halogens is 3. The average Bonchev–Trinajstić information content (AvgIpc) is 2.97. The number of rotatable bonds is 4. The summed E-state index contributed by atoms with van der Waals surface area (Å²) in [7, 11) is 0. The highest BCUT2D eigenvalue weighted by molar-refractivity contribution is 5.81. The van der Waals surface area contributed by atoms with Crippen LogP contribution in [0.1, 0.15) is 22.5 Å². The van der Waals surface area contributed by atoms with E-state index in [-0.39, 0.29) is 25.3 Å². The first kappa shape index (κ1) is 19.4. The number of hydrogen-bond donors (Lipinski definition) is 1. The van der Waals surface area contributed by atoms with Crippen molar-refractivity contribution >= 4 is 5.91 Å². The van der Waals surface area contributed by atoms with Crippen molar-refractivity contribution in [1.29, 1.82) is 0 Å². The Hall–Kier alpha value is -2.39. The van der Waals surface area contributed by atoms with Gasteiger partial charge in [0.05, 0.1) is 36.8 Å². The minimum atomic E-state index is -4.56. The zero-order valence-corrected chi connectivity index (χ0v) is 15.0. The van der Waals surface area contributed by atoms with Crippen LogP contribution in [0, 0.1) is 13.8 Å². The van der Waals surface area contributed by atoms with Gasteiger partial charge in [0.1, 0.15) is 0 Å². The van der Waals surface area contributed by atoms with Crippen LogP contribution in [0.2, 0.25) is 0 Å². The highest BCUT2D eigenvalue weighted by atomic mass is 19.4. The van der Waals surface area contributed by atoms with E-state index in [9.17, 15) is 18.0 Å². The maximum atomic E-state index is 13.5. The molecule has 1 saturated heterocycles. The van der Waals surface area contributed by atoms with Gasteiger partial charge in [-0.2, -0.15) is 18.3 Å². The molecule has 1 aromatic carbocycles. The number of carbonyl (C=O) groups excluding carboxylic acids is 1. The number of aromatic nitrogens is 2. The molecule has 2 heterocycles. The number of amides is 1. The van der Waals surface area contributed by atoms with Crippen LogP contribution >= 0.6 is 0 Å². The van der Waals surface area contributed by atoms with Gasteiger partial charge in [0.15, 0.2) is 6.10 Å². The molecule has 1 aliphatic rings. The molecule has 2 aromatic rings. The van der Waals surface area contributed by atoms with Crippen LogP contribution in [0.3, 0.4) is 0 Å². The Balaban J connectivity index is 1.82. The summed E-state index contributed by atoms with van der Waals surface area (Å²) in [6, 6.07) is 5.73. The fourth-order valence-electron chi connectivity index (χ4n) is 2.94. The molecule has 0 saturated carbocycles. The van der Waals surface area contributed by atoms with Crippen molar-refractivity contribution in [3.8, 4) is 5.69 Å². The molecule has 1 atom stereocenters. The number of benzene rings is 1. The number of nitrogens with zero attached hydrogens (tertiary/aromatic N) is 2. The number of nitrogens with one attached hydrogen (secondary N) is 1. The summed E-state index contributed by atoms with van der Waals surface area (Å²) < 4.78 is 52.5. The minimum absolute atomic E-state index is 0.0298. The van der Waals surface area contributed by atoms with E-state index in [4.69, 9.17) is 9.47 Å². The molecule has 1 fully saturated rings. The zero-order valence-electron chi connectivity index (χ0n) is 15.0. The molecule has 146 valence electrons. The number of ether oxygens (including phenoxy) is 2. The molecule has 1 amide bonds. The number of hydrogen-bond acceptors (Lipinski definition) is 4. The second-order valence-electron chi connectivity index (χ2n) is 6.33. The Morgan fingerprint density at radius 3 is 2.67 bits per heavy atom. The third-order valence-electron chi connectivity index (χ3n) is 4.21. The monoisotopic (exact) mass is 383 g/mol. The maximum Gasteiger partial charge on any atom is 0.416 e. The van der Waals surface area contributed by atoms with Gasteiger partial charge < -0.3 is 14.8 Å². The molecule has 0 bridgehead atoms. The number of alkyl halides is 3. The average molecular weight is 383 g/mol. The molecular weight excluding hydrogens is 363 g/mol. The highest BCUT2D eigenvalue weighted by Crippen LogP contribution is 2.33. The van der Waals surface area contributed by atoms with Crippen LogP contribution in [0.4, 0.5) is 13.2 Å². The Morgan fingerprint density at radius 2 is 2.07 bits per heavy atom. The van der Waals surface area contributed by atoms with Gasteiger partial charge in [-0.3, -0.25) is 4.79 Å². The van der Waals surface area contributed by atoms with E-state index in [1.165, 1.54) is 10.7 Å². The predicted molar refractivity (Wildman–Crippen MR) is 90.4 cm³/mol. The molecule has 9 heteroatoms. The summed E-state index contributed by atoms with van der Waals surface area (Å²) in [6.45, 7) is 4.06. The first-order valence-corrected chi connectivity index (χ1v) is 8.46. The fourth-order valence-corrected chi connectivity index (χ4v) is 2.94. The Labute approximate surface area is 154 Å². The lowest BCUT2D eigenvalue weighted by atomic mass is 10.1. The largest absolute Gasteiger partial charge is 0.416 e. The van der Waals surface area contributed by atoms with E-state index in [0.29, 0.717) is 18.0 Å². The third-order valence-corrected chi connectivity index (χ3v) is 4.21. The van der Waals surface area contributed by atoms with Crippen LogP contribution in [-0.4, -0.2) is 41.6 Å². The van der Waals surface area contributed by atoms with Gasteiger partial charge in [-0.1, -0.05) is 6.07 Å². The van der Waals surface area contributed by atoms with Crippen molar-refractivity contribution in [2.45, 2.75) is 32.7 Å². The van der Waals surface area contributed by atoms with Crippen LogP contribution in [0.25, 0.3) is 5.69 Å². The first-order valence-electron chi connectivity index (χ1n) is 8.46. The lowest BCUT2D eigenvalue weighted by Gasteiger charge is -2.22. The van der Waals surface area contributed by atoms with E-state index < -0.39 is 23.8 Å². The molecule has 0 radical (unpaired) electrons. The lowest BCUT2D eigenvalue weighted by Crippen LogP contribution is -2.42. The van der Waals surface area contributed by atoms with Gasteiger partial charge in [-0.05, 0) is 37.6 Å². The number of aryl methyl sites for hydroxylation is 2. The zero-order chi connectivity index (χ0) is 19.6. The summed E-state index contributed by atoms with van der Waals surface area (Å²) in [5.74, 6) is -0.495. The van der Waals surface area contributed by atoms with E-state index in [0.717, 1.165) is 11.8 Å². The van der Waals surface area contributed by atoms with Crippen molar-refractivity contribution in [3.63, 3.8) is 0 Å². The summed E-state index contributed by atoms with van der Waals surface area (Å²) >= 11 is 0. The normalized spacial score (nSPS) is 17.7. The van der Waals surface area contributed by atoms with Gasteiger partial charge in [-0.25, -0.2) is 4.68 Å². The molecule has 0 unspecified atom stereocenters. The lowest BCUT2D eigenvalue weighted by molar-refractivity contribution is -0.148. The standard InChI is InChI=1S/C18H20F3N3O3/c1-11-7-12(2)24(23-11)14-4-3-13(15(8-14)18(19,20)21)9-22-17(25)16-10-26-5-6-27-16/h3-4,7-8,16H,5-6,9-10H2,1-2H3,(H,22,25)/t16-/m0/s1. The van der Waals surface area contributed by atoms with Crippen molar-refractivity contribution in [3.05, 3.63) is 46.8 Å². The second-order valence-corrected chi connectivity index (χ2v) is 6.33. The Bertz CT molecular complexity index is 827. The van der Waals surface area contributed by atoms with Gasteiger partial charge in [0, 0.05) is 12.2 Å². The topological polar surface area (TPSA) is 65.4 Å². The van der Waals surface area contributed by atoms with Crippen molar-refractivity contribution in [2.24, 2.45) is 0 Å². The second kappa shape index (κ2) is 7.69. The van der Waals surface area contributed by atoms with E-state index in [2.05, 4.69) is 10.4 Å². The third kappa shape index (κ3) is 4.48. The molecule has 6 nitrogen and oxygen atoms in total. The van der Waals surface area contributed by atoms with E-state index >= 15 is 0 Å². The summed E-state index contributed by atoms with van der Waals surface area (Å²) in [4.78, 5) is 12.1. The Morgan fingerprint density at radius 1 is 1.30 bits per heavy atom. The summed E-state index contributed by atoms with van der Waals surface area (Å²) in [6.07, 6.45) is -5.36.